The van der Waals surface area contributed by atoms with E-state index in [0.29, 0.717) is 5.92 Å². The Morgan fingerprint density at radius 1 is 1.58 bits per heavy atom. The normalized spacial score (nSPS) is 13.3. The van der Waals surface area contributed by atoms with Gasteiger partial charge >= 0.3 is 0 Å². The second kappa shape index (κ2) is 4.16. The second-order valence-corrected chi connectivity index (χ2v) is 3.26. The number of anilines is 1. The van der Waals surface area contributed by atoms with Crippen molar-refractivity contribution in [3.8, 4) is 0 Å². The third-order valence-electron chi connectivity index (χ3n) is 1.94. The standard InChI is InChI=1S/C9H16N2O/c1-7(2)8(6-12)11-9-4-3-5-10-9/h3-5,7-8,10-12H,6H2,1-2H3. The van der Waals surface area contributed by atoms with Gasteiger partial charge in [0, 0.05) is 6.20 Å². The van der Waals surface area contributed by atoms with Crippen LogP contribution in [0.4, 0.5) is 5.82 Å². The number of H-pyrrole nitrogens is 1. The van der Waals surface area contributed by atoms with Crippen molar-refractivity contribution >= 4 is 5.82 Å². The molecule has 3 nitrogen and oxygen atoms in total. The van der Waals surface area contributed by atoms with Crippen LogP contribution in [0.15, 0.2) is 18.3 Å². The SMILES string of the molecule is CC(C)C(CO)Nc1ccc[nH]1. The number of rotatable bonds is 4. The van der Waals surface area contributed by atoms with Gasteiger partial charge in [0.1, 0.15) is 5.82 Å². The van der Waals surface area contributed by atoms with Gasteiger partial charge in [0.15, 0.2) is 0 Å². The molecule has 0 saturated heterocycles. The Labute approximate surface area is 72.8 Å². The van der Waals surface area contributed by atoms with Gasteiger partial charge < -0.3 is 15.4 Å². The number of hydrogen-bond acceptors (Lipinski definition) is 2. The number of aliphatic hydroxyl groups is 1. The molecule has 0 radical (unpaired) electrons. The largest absolute Gasteiger partial charge is 0.394 e. The molecule has 12 heavy (non-hydrogen) atoms. The summed E-state index contributed by atoms with van der Waals surface area (Å²) in [5.74, 6) is 1.39. The minimum Gasteiger partial charge on any atom is -0.394 e. The summed E-state index contributed by atoms with van der Waals surface area (Å²) >= 11 is 0. The highest BCUT2D eigenvalue weighted by atomic mass is 16.3. The molecule has 0 bridgehead atoms. The molecule has 1 aromatic rings. The van der Waals surface area contributed by atoms with Gasteiger partial charge in [-0.2, -0.15) is 0 Å². The van der Waals surface area contributed by atoms with Crippen molar-refractivity contribution in [2.75, 3.05) is 11.9 Å². The molecule has 0 fully saturated rings. The Hall–Kier alpha value is -0.960. The lowest BCUT2D eigenvalue weighted by molar-refractivity contribution is 0.249. The summed E-state index contributed by atoms with van der Waals surface area (Å²) in [7, 11) is 0. The Morgan fingerprint density at radius 2 is 2.33 bits per heavy atom. The van der Waals surface area contributed by atoms with E-state index in [0.717, 1.165) is 5.82 Å². The van der Waals surface area contributed by atoms with Gasteiger partial charge in [-0.25, -0.2) is 0 Å². The summed E-state index contributed by atoms with van der Waals surface area (Å²) in [6.45, 7) is 4.32. The quantitative estimate of drug-likeness (QED) is 0.637. The van der Waals surface area contributed by atoms with Crippen molar-refractivity contribution in [3.63, 3.8) is 0 Å². The van der Waals surface area contributed by atoms with Crippen LogP contribution in [0.3, 0.4) is 0 Å². The van der Waals surface area contributed by atoms with Crippen molar-refractivity contribution in [1.82, 2.24) is 4.98 Å². The van der Waals surface area contributed by atoms with Crippen LogP contribution in [0.2, 0.25) is 0 Å². The molecule has 1 unspecified atom stereocenters. The molecular formula is C9H16N2O. The Kier molecular flexibility index (Phi) is 3.17. The van der Waals surface area contributed by atoms with Gasteiger partial charge in [0.05, 0.1) is 12.6 Å². The highest BCUT2D eigenvalue weighted by Crippen LogP contribution is 2.09. The molecule has 1 heterocycles. The summed E-state index contributed by atoms with van der Waals surface area (Å²) in [5.41, 5.74) is 0. The van der Waals surface area contributed by atoms with Gasteiger partial charge in [-0.1, -0.05) is 13.8 Å². The van der Waals surface area contributed by atoms with Gasteiger partial charge in [0.25, 0.3) is 0 Å². The van der Waals surface area contributed by atoms with Crippen LogP contribution in [0.1, 0.15) is 13.8 Å². The van der Waals surface area contributed by atoms with E-state index in [1.54, 1.807) is 0 Å². The topological polar surface area (TPSA) is 48.0 Å². The number of aliphatic hydroxyl groups excluding tert-OH is 1. The molecule has 0 aliphatic rings. The molecule has 0 aliphatic carbocycles. The Bertz CT molecular complexity index is 206. The van der Waals surface area contributed by atoms with Crippen LogP contribution in [-0.2, 0) is 0 Å². The monoisotopic (exact) mass is 168 g/mol. The van der Waals surface area contributed by atoms with Gasteiger partial charge in [-0.05, 0) is 18.1 Å². The van der Waals surface area contributed by atoms with E-state index in [1.807, 2.05) is 18.3 Å². The minimum atomic E-state index is 0.128. The van der Waals surface area contributed by atoms with Crippen molar-refractivity contribution in [2.24, 2.45) is 5.92 Å². The van der Waals surface area contributed by atoms with Crippen LogP contribution in [0, 0.1) is 5.92 Å². The molecule has 1 atom stereocenters. The van der Waals surface area contributed by atoms with Crippen molar-refractivity contribution in [1.29, 1.82) is 0 Å². The van der Waals surface area contributed by atoms with Gasteiger partial charge in [-0.3, -0.25) is 0 Å². The number of aromatic nitrogens is 1. The van der Waals surface area contributed by atoms with Crippen LogP contribution < -0.4 is 5.32 Å². The first-order chi connectivity index (χ1) is 5.74. The lowest BCUT2D eigenvalue weighted by atomic mass is 10.1. The molecular weight excluding hydrogens is 152 g/mol. The van der Waals surface area contributed by atoms with E-state index in [2.05, 4.69) is 24.1 Å². The fourth-order valence-electron chi connectivity index (χ4n) is 1.04. The van der Waals surface area contributed by atoms with E-state index in [1.165, 1.54) is 0 Å². The van der Waals surface area contributed by atoms with Crippen molar-refractivity contribution in [3.05, 3.63) is 18.3 Å². The Balaban J connectivity index is 2.48. The Morgan fingerprint density at radius 3 is 2.75 bits per heavy atom. The number of hydrogen-bond donors (Lipinski definition) is 3. The van der Waals surface area contributed by atoms with Crippen molar-refractivity contribution < 1.29 is 5.11 Å². The van der Waals surface area contributed by atoms with E-state index >= 15 is 0 Å². The molecule has 0 aromatic carbocycles. The molecule has 68 valence electrons. The molecule has 1 aromatic heterocycles. The molecule has 0 saturated carbocycles. The summed E-state index contributed by atoms with van der Waals surface area (Å²) in [5, 5.41) is 12.2. The number of aromatic amines is 1. The lowest BCUT2D eigenvalue weighted by Crippen LogP contribution is -2.29. The van der Waals surface area contributed by atoms with E-state index < -0.39 is 0 Å². The highest BCUT2D eigenvalue weighted by Gasteiger charge is 2.11. The predicted octanol–water partition coefficient (Wildman–Crippen LogP) is 1.44. The first-order valence-corrected chi connectivity index (χ1v) is 4.25. The smallest absolute Gasteiger partial charge is 0.103 e. The number of nitrogens with one attached hydrogen (secondary N) is 2. The molecule has 3 heteroatoms. The van der Waals surface area contributed by atoms with Crippen molar-refractivity contribution in [2.45, 2.75) is 19.9 Å². The summed E-state index contributed by atoms with van der Waals surface area (Å²) < 4.78 is 0. The summed E-state index contributed by atoms with van der Waals surface area (Å²) in [6.07, 6.45) is 1.86. The lowest BCUT2D eigenvalue weighted by Gasteiger charge is -2.19. The van der Waals surface area contributed by atoms with E-state index in [4.69, 9.17) is 5.11 Å². The minimum absolute atomic E-state index is 0.128. The first-order valence-electron chi connectivity index (χ1n) is 4.25. The predicted molar refractivity (Wildman–Crippen MR) is 50.1 cm³/mol. The maximum Gasteiger partial charge on any atom is 0.103 e. The highest BCUT2D eigenvalue weighted by molar-refractivity contribution is 5.35. The van der Waals surface area contributed by atoms with Crippen LogP contribution in [0.25, 0.3) is 0 Å². The van der Waals surface area contributed by atoms with Crippen LogP contribution >= 0.6 is 0 Å². The van der Waals surface area contributed by atoms with E-state index in [9.17, 15) is 0 Å². The molecule has 3 N–H and O–H groups in total. The average Bonchev–Trinajstić information content (AvgIpc) is 2.51. The zero-order valence-corrected chi connectivity index (χ0v) is 7.54. The third-order valence-corrected chi connectivity index (χ3v) is 1.94. The summed E-state index contributed by atoms with van der Waals surface area (Å²) in [6, 6.07) is 4.01. The maximum atomic E-state index is 9.02. The molecule has 1 rings (SSSR count). The summed E-state index contributed by atoms with van der Waals surface area (Å²) in [4.78, 5) is 3.03. The molecule has 0 amide bonds. The zero-order chi connectivity index (χ0) is 8.97. The first kappa shape index (κ1) is 9.13. The molecule has 0 spiro atoms. The van der Waals surface area contributed by atoms with Gasteiger partial charge in [0.2, 0.25) is 0 Å². The zero-order valence-electron chi connectivity index (χ0n) is 7.54. The van der Waals surface area contributed by atoms with Gasteiger partial charge in [-0.15, -0.1) is 0 Å². The fourth-order valence-corrected chi connectivity index (χ4v) is 1.04. The van der Waals surface area contributed by atoms with Crippen LogP contribution in [-0.4, -0.2) is 22.7 Å². The third kappa shape index (κ3) is 2.27. The fraction of sp³-hybridized carbons (Fsp3) is 0.556. The molecule has 0 aliphatic heterocycles. The maximum absolute atomic E-state index is 9.02. The average molecular weight is 168 g/mol. The second-order valence-electron chi connectivity index (χ2n) is 3.26. The van der Waals surface area contributed by atoms with E-state index in [-0.39, 0.29) is 12.6 Å². The van der Waals surface area contributed by atoms with Crippen LogP contribution in [0.5, 0.6) is 0 Å².